The Labute approximate surface area is 101 Å². The molecule has 92 valence electrons. The Morgan fingerprint density at radius 3 is 2.00 bits per heavy atom. The predicted molar refractivity (Wildman–Crippen MR) is 70.1 cm³/mol. The smallest absolute Gasteiger partial charge is 0.0638 e. The maximum atomic E-state index is 8.87. The van der Waals surface area contributed by atoms with Crippen molar-refractivity contribution in [1.29, 1.82) is 5.26 Å². The van der Waals surface area contributed by atoms with Gasteiger partial charge in [-0.25, -0.2) is 0 Å². The summed E-state index contributed by atoms with van der Waals surface area (Å²) in [4.78, 5) is 2.44. The van der Waals surface area contributed by atoms with Crippen LogP contribution >= 0.6 is 0 Å². The average molecular weight is 222 g/mol. The zero-order valence-electron chi connectivity index (χ0n) is 11.2. The molecular formula is C14H26N2. The van der Waals surface area contributed by atoms with Gasteiger partial charge in [0.1, 0.15) is 0 Å². The van der Waals surface area contributed by atoms with Crippen LogP contribution < -0.4 is 0 Å². The van der Waals surface area contributed by atoms with E-state index in [2.05, 4.69) is 45.2 Å². The molecule has 0 saturated heterocycles. The lowest BCUT2D eigenvalue weighted by Gasteiger charge is -2.32. The van der Waals surface area contributed by atoms with E-state index < -0.39 is 0 Å². The molecular weight excluding hydrogens is 196 g/mol. The van der Waals surface area contributed by atoms with Crippen LogP contribution in [0.5, 0.6) is 0 Å². The zero-order valence-corrected chi connectivity index (χ0v) is 11.2. The van der Waals surface area contributed by atoms with Crippen molar-refractivity contribution >= 4 is 0 Å². The molecule has 0 aromatic rings. The molecule has 0 aliphatic heterocycles. The number of hydrogen-bond donors (Lipinski definition) is 0. The van der Waals surface area contributed by atoms with Crippen molar-refractivity contribution in [3.05, 3.63) is 12.7 Å². The van der Waals surface area contributed by atoms with Crippen LogP contribution in [0.4, 0.5) is 0 Å². The minimum Gasteiger partial charge on any atom is -0.299 e. The van der Waals surface area contributed by atoms with Crippen molar-refractivity contribution in [2.45, 2.75) is 46.6 Å². The van der Waals surface area contributed by atoms with Crippen LogP contribution in [-0.2, 0) is 0 Å². The topological polar surface area (TPSA) is 27.0 Å². The van der Waals surface area contributed by atoms with Crippen LogP contribution in [0.25, 0.3) is 0 Å². The Balaban J connectivity index is 4.52. The predicted octanol–water partition coefficient (Wildman–Crippen LogP) is 3.46. The summed E-state index contributed by atoms with van der Waals surface area (Å²) < 4.78 is 0. The Kier molecular flexibility index (Phi) is 7.93. The standard InChI is InChI=1S/C14H26N2/c1-6-7-14(8-9-15)16(10-12(2)3)11-13(4)5/h6,12-14H,1,7-8,10-11H2,2-5H3. The summed E-state index contributed by atoms with van der Waals surface area (Å²) in [6.45, 7) is 14.8. The molecule has 2 nitrogen and oxygen atoms in total. The molecule has 1 unspecified atom stereocenters. The van der Waals surface area contributed by atoms with Gasteiger partial charge in [-0.05, 0) is 18.3 Å². The van der Waals surface area contributed by atoms with Crippen LogP contribution in [0, 0.1) is 23.2 Å². The van der Waals surface area contributed by atoms with E-state index >= 15 is 0 Å². The molecule has 0 aromatic carbocycles. The maximum Gasteiger partial charge on any atom is 0.0638 e. The van der Waals surface area contributed by atoms with Crippen LogP contribution in [0.15, 0.2) is 12.7 Å². The molecule has 0 heterocycles. The highest BCUT2D eigenvalue weighted by Gasteiger charge is 2.18. The first-order valence-electron chi connectivity index (χ1n) is 6.23. The molecule has 0 spiro atoms. The quantitative estimate of drug-likeness (QED) is 0.588. The molecule has 0 aromatic heterocycles. The summed E-state index contributed by atoms with van der Waals surface area (Å²) in [6.07, 6.45) is 3.44. The first-order valence-corrected chi connectivity index (χ1v) is 6.23. The first kappa shape index (κ1) is 15.2. The van der Waals surface area contributed by atoms with Crippen molar-refractivity contribution in [3.63, 3.8) is 0 Å². The van der Waals surface area contributed by atoms with E-state index in [9.17, 15) is 0 Å². The summed E-state index contributed by atoms with van der Waals surface area (Å²) in [5.41, 5.74) is 0. The second kappa shape index (κ2) is 8.35. The third kappa shape index (κ3) is 6.63. The summed E-state index contributed by atoms with van der Waals surface area (Å²) in [6, 6.07) is 2.63. The van der Waals surface area contributed by atoms with Gasteiger partial charge in [0.05, 0.1) is 12.5 Å². The van der Waals surface area contributed by atoms with Gasteiger partial charge < -0.3 is 0 Å². The molecule has 0 saturated carbocycles. The summed E-state index contributed by atoms with van der Waals surface area (Å²) >= 11 is 0. The highest BCUT2D eigenvalue weighted by atomic mass is 15.2. The minimum absolute atomic E-state index is 0.340. The summed E-state index contributed by atoms with van der Waals surface area (Å²) in [5, 5.41) is 8.87. The van der Waals surface area contributed by atoms with Crippen LogP contribution in [0.3, 0.4) is 0 Å². The first-order chi connectivity index (χ1) is 7.51. The van der Waals surface area contributed by atoms with Crippen LogP contribution in [0.2, 0.25) is 0 Å². The van der Waals surface area contributed by atoms with Crippen molar-refractivity contribution in [1.82, 2.24) is 4.90 Å². The molecule has 0 rings (SSSR count). The van der Waals surface area contributed by atoms with Gasteiger partial charge in [-0.3, -0.25) is 4.90 Å². The van der Waals surface area contributed by atoms with E-state index in [1.165, 1.54) is 0 Å². The Bertz CT molecular complexity index is 215. The maximum absolute atomic E-state index is 8.87. The van der Waals surface area contributed by atoms with Gasteiger partial charge in [0.15, 0.2) is 0 Å². The Hall–Kier alpha value is -0.810. The Morgan fingerprint density at radius 1 is 1.19 bits per heavy atom. The van der Waals surface area contributed by atoms with Crippen molar-refractivity contribution < 1.29 is 0 Å². The SMILES string of the molecule is C=CCC(CC#N)N(CC(C)C)CC(C)C. The van der Waals surface area contributed by atoms with Gasteiger partial charge in [-0.15, -0.1) is 6.58 Å². The van der Waals surface area contributed by atoms with E-state index in [1.54, 1.807) is 0 Å². The van der Waals surface area contributed by atoms with Crippen LogP contribution in [0.1, 0.15) is 40.5 Å². The van der Waals surface area contributed by atoms with Crippen molar-refractivity contribution in [3.8, 4) is 6.07 Å². The van der Waals surface area contributed by atoms with Gasteiger partial charge in [-0.2, -0.15) is 5.26 Å². The third-order valence-corrected chi connectivity index (χ3v) is 2.48. The second-order valence-corrected chi connectivity index (χ2v) is 5.28. The summed E-state index contributed by atoms with van der Waals surface area (Å²) in [7, 11) is 0. The zero-order chi connectivity index (χ0) is 12.6. The molecule has 0 fully saturated rings. The number of nitrogens with zero attached hydrogens (tertiary/aromatic N) is 2. The fourth-order valence-corrected chi connectivity index (χ4v) is 1.97. The van der Waals surface area contributed by atoms with Gasteiger partial charge >= 0.3 is 0 Å². The van der Waals surface area contributed by atoms with Crippen LogP contribution in [-0.4, -0.2) is 24.0 Å². The molecule has 1 atom stereocenters. The Morgan fingerprint density at radius 2 is 1.69 bits per heavy atom. The average Bonchev–Trinajstić information content (AvgIpc) is 2.15. The number of nitriles is 1. The van der Waals surface area contributed by atoms with Crippen molar-refractivity contribution in [2.24, 2.45) is 11.8 Å². The molecule has 0 amide bonds. The molecule has 2 heteroatoms. The van der Waals surface area contributed by atoms with E-state index in [0.29, 0.717) is 24.3 Å². The third-order valence-electron chi connectivity index (χ3n) is 2.48. The van der Waals surface area contributed by atoms with Gasteiger partial charge in [0.25, 0.3) is 0 Å². The van der Waals surface area contributed by atoms with Gasteiger partial charge in [0, 0.05) is 19.1 Å². The molecule has 16 heavy (non-hydrogen) atoms. The second-order valence-electron chi connectivity index (χ2n) is 5.28. The summed E-state index contributed by atoms with van der Waals surface area (Å²) in [5.74, 6) is 1.29. The van der Waals surface area contributed by atoms with Gasteiger partial charge in [-0.1, -0.05) is 33.8 Å². The van der Waals surface area contributed by atoms with E-state index in [4.69, 9.17) is 5.26 Å². The highest BCUT2D eigenvalue weighted by molar-refractivity contribution is 4.88. The number of rotatable bonds is 8. The van der Waals surface area contributed by atoms with E-state index in [1.807, 2.05) is 6.08 Å². The van der Waals surface area contributed by atoms with E-state index in [-0.39, 0.29) is 0 Å². The lowest BCUT2D eigenvalue weighted by Crippen LogP contribution is -2.40. The minimum atomic E-state index is 0.340. The molecule has 0 aliphatic rings. The normalized spacial score (nSPS) is 13.1. The van der Waals surface area contributed by atoms with Gasteiger partial charge in [0.2, 0.25) is 0 Å². The molecule has 0 radical (unpaired) electrons. The fourth-order valence-electron chi connectivity index (χ4n) is 1.97. The molecule has 0 bridgehead atoms. The molecule has 0 N–H and O–H groups in total. The lowest BCUT2D eigenvalue weighted by atomic mass is 10.0. The highest BCUT2D eigenvalue weighted by Crippen LogP contribution is 2.14. The van der Waals surface area contributed by atoms with Crippen molar-refractivity contribution in [2.75, 3.05) is 13.1 Å². The lowest BCUT2D eigenvalue weighted by molar-refractivity contribution is 0.158. The molecule has 0 aliphatic carbocycles. The number of hydrogen-bond acceptors (Lipinski definition) is 2. The van der Waals surface area contributed by atoms with E-state index in [0.717, 1.165) is 19.5 Å². The fraction of sp³-hybridized carbons (Fsp3) is 0.786. The monoisotopic (exact) mass is 222 g/mol. The largest absolute Gasteiger partial charge is 0.299 e.